The molecular weight excluding hydrogens is 332 g/mol. The Morgan fingerprint density at radius 2 is 1.72 bits per heavy atom. The summed E-state index contributed by atoms with van der Waals surface area (Å²) < 4.78 is 0. The zero-order valence-corrected chi connectivity index (χ0v) is 16.5. The molecule has 4 heteroatoms. The standard InChI is InChI=1S/C21H31ClN2O/c1-21(2,3)15-6-10-17(11-7-15)23-20(25)19-5-4-14-24(19)18-12-8-16(22)9-13-18/h8-9,12-13,15,17,19H,4-7,10-11,14H2,1-3H3,(H,23,25). The van der Waals surface area contributed by atoms with Crippen molar-refractivity contribution in [2.24, 2.45) is 11.3 Å². The van der Waals surface area contributed by atoms with Crippen molar-refractivity contribution in [2.45, 2.75) is 71.4 Å². The molecule has 2 fully saturated rings. The van der Waals surface area contributed by atoms with Crippen molar-refractivity contribution in [1.82, 2.24) is 5.32 Å². The highest BCUT2D eigenvalue weighted by Crippen LogP contribution is 2.38. The van der Waals surface area contributed by atoms with Crippen molar-refractivity contribution < 1.29 is 4.79 Å². The van der Waals surface area contributed by atoms with Crippen molar-refractivity contribution >= 4 is 23.2 Å². The molecule has 0 radical (unpaired) electrons. The van der Waals surface area contributed by atoms with E-state index in [0.29, 0.717) is 11.5 Å². The summed E-state index contributed by atoms with van der Waals surface area (Å²) in [6.07, 6.45) is 6.67. The minimum Gasteiger partial charge on any atom is -0.360 e. The van der Waals surface area contributed by atoms with Gasteiger partial charge in [-0.25, -0.2) is 0 Å². The number of hydrogen-bond donors (Lipinski definition) is 1. The van der Waals surface area contributed by atoms with Crippen LogP contribution < -0.4 is 10.2 Å². The second-order valence-corrected chi connectivity index (χ2v) is 9.19. The monoisotopic (exact) mass is 362 g/mol. The summed E-state index contributed by atoms with van der Waals surface area (Å²) in [6, 6.07) is 8.14. The van der Waals surface area contributed by atoms with Gasteiger partial charge in [-0.15, -0.1) is 0 Å². The Hall–Kier alpha value is -1.22. The Kier molecular flexibility index (Phi) is 5.62. The van der Waals surface area contributed by atoms with Crippen LogP contribution in [-0.4, -0.2) is 24.5 Å². The third-order valence-electron chi connectivity index (χ3n) is 6.01. The fourth-order valence-electron chi connectivity index (χ4n) is 4.38. The molecule has 0 aromatic heterocycles. The number of halogens is 1. The van der Waals surface area contributed by atoms with Gasteiger partial charge in [0, 0.05) is 23.3 Å². The van der Waals surface area contributed by atoms with Crippen LogP contribution in [-0.2, 0) is 4.79 Å². The van der Waals surface area contributed by atoms with Gasteiger partial charge in [-0.1, -0.05) is 32.4 Å². The molecule has 1 unspecified atom stereocenters. The third kappa shape index (κ3) is 4.49. The third-order valence-corrected chi connectivity index (χ3v) is 6.26. The van der Waals surface area contributed by atoms with Gasteiger partial charge in [0.2, 0.25) is 5.91 Å². The van der Waals surface area contributed by atoms with E-state index < -0.39 is 0 Å². The maximum absolute atomic E-state index is 12.9. The summed E-state index contributed by atoms with van der Waals surface area (Å²) in [5.74, 6) is 0.976. The largest absolute Gasteiger partial charge is 0.360 e. The summed E-state index contributed by atoms with van der Waals surface area (Å²) >= 11 is 5.99. The molecule has 1 atom stereocenters. The second kappa shape index (κ2) is 7.57. The lowest BCUT2D eigenvalue weighted by Gasteiger charge is -2.37. The number of carbonyl (C=O) groups excluding carboxylic acids is 1. The number of benzene rings is 1. The van der Waals surface area contributed by atoms with Gasteiger partial charge in [0.05, 0.1) is 0 Å². The van der Waals surface area contributed by atoms with E-state index in [0.717, 1.165) is 48.9 Å². The van der Waals surface area contributed by atoms with Gasteiger partial charge in [0.15, 0.2) is 0 Å². The lowest BCUT2D eigenvalue weighted by atomic mass is 9.71. The minimum absolute atomic E-state index is 0.0403. The first kappa shape index (κ1) is 18.6. The van der Waals surface area contributed by atoms with E-state index >= 15 is 0 Å². The van der Waals surface area contributed by atoms with Crippen LogP contribution in [0, 0.1) is 11.3 Å². The zero-order chi connectivity index (χ0) is 18.0. The lowest BCUT2D eigenvalue weighted by molar-refractivity contribution is -0.123. The normalized spacial score (nSPS) is 27.4. The fourth-order valence-corrected chi connectivity index (χ4v) is 4.51. The first-order valence-corrected chi connectivity index (χ1v) is 10.0. The van der Waals surface area contributed by atoms with Crippen LogP contribution in [0.4, 0.5) is 5.69 Å². The van der Waals surface area contributed by atoms with Crippen molar-refractivity contribution in [1.29, 1.82) is 0 Å². The van der Waals surface area contributed by atoms with Crippen LogP contribution in [0.3, 0.4) is 0 Å². The average Bonchev–Trinajstić information content (AvgIpc) is 3.05. The van der Waals surface area contributed by atoms with Gasteiger partial charge in [0.25, 0.3) is 0 Å². The Morgan fingerprint density at radius 1 is 1.08 bits per heavy atom. The topological polar surface area (TPSA) is 32.3 Å². The number of rotatable bonds is 3. The molecule has 1 aliphatic heterocycles. The summed E-state index contributed by atoms with van der Waals surface area (Å²) in [6.45, 7) is 7.94. The molecule has 3 nitrogen and oxygen atoms in total. The predicted molar refractivity (Wildman–Crippen MR) is 105 cm³/mol. The van der Waals surface area contributed by atoms with Crippen LogP contribution in [0.2, 0.25) is 5.02 Å². The first-order valence-electron chi connectivity index (χ1n) is 9.67. The maximum Gasteiger partial charge on any atom is 0.242 e. The van der Waals surface area contributed by atoms with Crippen molar-refractivity contribution in [2.75, 3.05) is 11.4 Å². The van der Waals surface area contributed by atoms with E-state index in [-0.39, 0.29) is 11.9 Å². The van der Waals surface area contributed by atoms with Gasteiger partial charge in [0.1, 0.15) is 6.04 Å². The van der Waals surface area contributed by atoms with E-state index in [2.05, 4.69) is 31.0 Å². The van der Waals surface area contributed by atoms with Gasteiger partial charge >= 0.3 is 0 Å². The van der Waals surface area contributed by atoms with Gasteiger partial charge in [-0.3, -0.25) is 4.79 Å². The number of nitrogens with zero attached hydrogens (tertiary/aromatic N) is 1. The fraction of sp³-hybridized carbons (Fsp3) is 0.667. The Morgan fingerprint density at radius 3 is 2.32 bits per heavy atom. The number of amides is 1. The highest BCUT2D eigenvalue weighted by Gasteiger charge is 2.34. The molecule has 138 valence electrons. The summed E-state index contributed by atoms with van der Waals surface area (Å²) in [5.41, 5.74) is 1.48. The SMILES string of the molecule is CC(C)(C)C1CCC(NC(=O)C2CCCN2c2ccc(Cl)cc2)CC1. The van der Waals surface area contributed by atoms with Crippen LogP contribution in [0.25, 0.3) is 0 Å². The number of hydrogen-bond acceptors (Lipinski definition) is 2. The lowest BCUT2D eigenvalue weighted by Crippen LogP contribution is -2.48. The number of nitrogens with one attached hydrogen (secondary N) is 1. The molecule has 1 aliphatic carbocycles. The van der Waals surface area contributed by atoms with Crippen LogP contribution in [0.15, 0.2) is 24.3 Å². The van der Waals surface area contributed by atoms with E-state index in [4.69, 9.17) is 11.6 Å². The molecule has 1 amide bonds. The Bertz CT molecular complexity index is 585. The number of carbonyl (C=O) groups is 1. The smallest absolute Gasteiger partial charge is 0.242 e. The van der Waals surface area contributed by atoms with Crippen LogP contribution >= 0.6 is 11.6 Å². The molecule has 0 bridgehead atoms. The minimum atomic E-state index is -0.0403. The van der Waals surface area contributed by atoms with Crippen molar-refractivity contribution in [3.63, 3.8) is 0 Å². The predicted octanol–water partition coefficient (Wildman–Crippen LogP) is 5.03. The summed E-state index contributed by atoms with van der Waals surface area (Å²) in [7, 11) is 0. The van der Waals surface area contributed by atoms with Crippen LogP contribution in [0.1, 0.15) is 59.3 Å². The van der Waals surface area contributed by atoms with Gasteiger partial charge in [-0.05, 0) is 74.1 Å². The molecule has 1 saturated carbocycles. The molecular formula is C21H31ClN2O. The molecule has 25 heavy (non-hydrogen) atoms. The molecule has 1 saturated heterocycles. The highest BCUT2D eigenvalue weighted by atomic mass is 35.5. The molecule has 0 spiro atoms. The second-order valence-electron chi connectivity index (χ2n) is 8.75. The summed E-state index contributed by atoms with van der Waals surface area (Å²) in [5, 5.41) is 4.07. The zero-order valence-electron chi connectivity index (χ0n) is 15.7. The Balaban J connectivity index is 1.57. The molecule has 1 heterocycles. The highest BCUT2D eigenvalue weighted by molar-refractivity contribution is 6.30. The van der Waals surface area contributed by atoms with E-state index in [1.54, 1.807) is 0 Å². The van der Waals surface area contributed by atoms with Crippen molar-refractivity contribution in [3.05, 3.63) is 29.3 Å². The molecule has 2 aliphatic rings. The number of anilines is 1. The first-order chi connectivity index (χ1) is 11.8. The Labute approximate surface area is 157 Å². The maximum atomic E-state index is 12.9. The van der Waals surface area contributed by atoms with Gasteiger partial charge in [-0.2, -0.15) is 0 Å². The van der Waals surface area contributed by atoms with Crippen LogP contribution in [0.5, 0.6) is 0 Å². The van der Waals surface area contributed by atoms with Crippen molar-refractivity contribution in [3.8, 4) is 0 Å². The van der Waals surface area contributed by atoms with E-state index in [1.165, 1.54) is 12.8 Å². The molecule has 1 aromatic carbocycles. The average molecular weight is 363 g/mol. The van der Waals surface area contributed by atoms with Gasteiger partial charge < -0.3 is 10.2 Å². The van der Waals surface area contributed by atoms with E-state index in [1.807, 2.05) is 24.3 Å². The quantitative estimate of drug-likeness (QED) is 0.817. The van der Waals surface area contributed by atoms with E-state index in [9.17, 15) is 4.79 Å². The molecule has 1 aromatic rings. The summed E-state index contributed by atoms with van der Waals surface area (Å²) in [4.78, 5) is 15.1. The molecule has 1 N–H and O–H groups in total. The molecule has 3 rings (SSSR count).